The van der Waals surface area contributed by atoms with E-state index in [9.17, 15) is 5.26 Å². The van der Waals surface area contributed by atoms with E-state index in [0.717, 1.165) is 30.8 Å². The molecule has 0 N–H and O–H groups in total. The molecule has 0 atom stereocenters. The lowest BCUT2D eigenvalue weighted by Gasteiger charge is -2.23. The summed E-state index contributed by atoms with van der Waals surface area (Å²) in [5.74, 6) is 0.876. The topological polar surface area (TPSA) is 39.9 Å². The highest BCUT2D eigenvalue weighted by molar-refractivity contribution is 5.58. The fraction of sp³-hybridized carbons (Fsp3) is 0.467. The molecule has 3 heteroatoms. The summed E-state index contributed by atoms with van der Waals surface area (Å²) in [7, 11) is 0. The van der Waals surface area contributed by atoms with Gasteiger partial charge in [0, 0.05) is 18.3 Å². The van der Waals surface area contributed by atoms with Gasteiger partial charge in [-0.15, -0.1) is 6.58 Å². The van der Waals surface area contributed by atoms with Crippen molar-refractivity contribution in [2.24, 2.45) is 0 Å². The molecule has 2 aliphatic rings. The lowest BCUT2D eigenvalue weighted by molar-refractivity contribution is 0.829. The second-order valence-electron chi connectivity index (χ2n) is 5.10. The Labute approximate surface area is 108 Å². The van der Waals surface area contributed by atoms with Crippen LogP contribution in [0.1, 0.15) is 36.1 Å². The van der Waals surface area contributed by atoms with Gasteiger partial charge in [0.2, 0.25) is 0 Å². The fourth-order valence-corrected chi connectivity index (χ4v) is 2.70. The van der Waals surface area contributed by atoms with E-state index < -0.39 is 0 Å². The molecule has 1 saturated carbocycles. The first-order valence-corrected chi connectivity index (χ1v) is 6.64. The normalized spacial score (nSPS) is 17.1. The standard InChI is InChI=1S/C15H17N3/c1-2-8-18(13-6-7-13)15-12(10-16)9-11-4-3-5-14(11)17-15/h2,9,13H,1,3-8H2. The van der Waals surface area contributed by atoms with Gasteiger partial charge in [-0.3, -0.25) is 0 Å². The third-order valence-corrected chi connectivity index (χ3v) is 3.74. The summed E-state index contributed by atoms with van der Waals surface area (Å²) >= 11 is 0. The molecular formula is C15H17N3. The number of pyridine rings is 1. The molecule has 0 bridgehead atoms. The van der Waals surface area contributed by atoms with E-state index >= 15 is 0 Å². The Morgan fingerprint density at radius 1 is 1.50 bits per heavy atom. The summed E-state index contributed by atoms with van der Waals surface area (Å²) in [4.78, 5) is 7.00. The van der Waals surface area contributed by atoms with Crippen LogP contribution in [-0.4, -0.2) is 17.6 Å². The predicted molar refractivity (Wildman–Crippen MR) is 71.5 cm³/mol. The van der Waals surface area contributed by atoms with Crippen LogP contribution in [0.2, 0.25) is 0 Å². The van der Waals surface area contributed by atoms with Crippen molar-refractivity contribution in [3.63, 3.8) is 0 Å². The van der Waals surface area contributed by atoms with Gasteiger partial charge in [0.15, 0.2) is 0 Å². The van der Waals surface area contributed by atoms with E-state index in [4.69, 9.17) is 4.98 Å². The molecule has 0 aliphatic heterocycles. The van der Waals surface area contributed by atoms with Crippen molar-refractivity contribution in [3.8, 4) is 6.07 Å². The van der Waals surface area contributed by atoms with Crippen LogP contribution >= 0.6 is 0 Å². The molecule has 0 radical (unpaired) electrons. The van der Waals surface area contributed by atoms with Crippen LogP contribution in [0, 0.1) is 11.3 Å². The van der Waals surface area contributed by atoms with Crippen LogP contribution in [0.3, 0.4) is 0 Å². The molecule has 1 heterocycles. The molecule has 0 spiro atoms. The van der Waals surface area contributed by atoms with Crippen molar-refractivity contribution in [2.75, 3.05) is 11.4 Å². The van der Waals surface area contributed by atoms with E-state index in [1.807, 2.05) is 12.1 Å². The van der Waals surface area contributed by atoms with Gasteiger partial charge in [0.05, 0.1) is 5.56 Å². The fourth-order valence-electron chi connectivity index (χ4n) is 2.70. The SMILES string of the molecule is C=CCN(c1nc2c(cc1C#N)CCC2)C1CC1. The molecule has 3 rings (SSSR count). The largest absolute Gasteiger partial charge is 0.349 e. The minimum Gasteiger partial charge on any atom is -0.349 e. The van der Waals surface area contributed by atoms with E-state index in [0.29, 0.717) is 6.04 Å². The first-order valence-electron chi connectivity index (χ1n) is 6.64. The summed E-state index contributed by atoms with van der Waals surface area (Å²) in [5.41, 5.74) is 3.19. The van der Waals surface area contributed by atoms with Gasteiger partial charge in [-0.05, 0) is 43.7 Å². The van der Waals surface area contributed by atoms with E-state index in [2.05, 4.69) is 17.5 Å². The maximum atomic E-state index is 9.33. The van der Waals surface area contributed by atoms with E-state index in [-0.39, 0.29) is 0 Å². The first-order chi connectivity index (χ1) is 8.83. The van der Waals surface area contributed by atoms with Gasteiger partial charge in [-0.1, -0.05) is 6.08 Å². The number of nitrogens with zero attached hydrogens (tertiary/aromatic N) is 3. The van der Waals surface area contributed by atoms with Gasteiger partial charge in [0.25, 0.3) is 0 Å². The minimum atomic E-state index is 0.557. The zero-order chi connectivity index (χ0) is 12.5. The monoisotopic (exact) mass is 239 g/mol. The third-order valence-electron chi connectivity index (χ3n) is 3.74. The lowest BCUT2D eigenvalue weighted by atomic mass is 10.1. The quantitative estimate of drug-likeness (QED) is 0.758. The molecule has 1 aromatic heterocycles. The Morgan fingerprint density at radius 3 is 3.00 bits per heavy atom. The predicted octanol–water partition coefficient (Wildman–Crippen LogP) is 2.60. The van der Waals surface area contributed by atoms with Gasteiger partial charge in [-0.2, -0.15) is 5.26 Å². The maximum Gasteiger partial charge on any atom is 0.147 e. The van der Waals surface area contributed by atoms with Crippen molar-refractivity contribution in [1.82, 2.24) is 4.98 Å². The molecule has 1 fully saturated rings. The van der Waals surface area contributed by atoms with Crippen molar-refractivity contribution in [2.45, 2.75) is 38.1 Å². The third kappa shape index (κ3) is 1.88. The Hall–Kier alpha value is -1.82. The average molecular weight is 239 g/mol. The number of hydrogen-bond donors (Lipinski definition) is 0. The van der Waals surface area contributed by atoms with Crippen LogP contribution in [0.4, 0.5) is 5.82 Å². The van der Waals surface area contributed by atoms with E-state index in [1.54, 1.807) is 0 Å². The van der Waals surface area contributed by atoms with Gasteiger partial charge in [-0.25, -0.2) is 4.98 Å². The van der Waals surface area contributed by atoms with Gasteiger partial charge < -0.3 is 4.90 Å². The summed E-state index contributed by atoms with van der Waals surface area (Å²) in [6, 6.07) is 4.91. The molecule has 3 nitrogen and oxygen atoms in total. The van der Waals surface area contributed by atoms with Crippen LogP contribution in [0.25, 0.3) is 0 Å². The van der Waals surface area contributed by atoms with Crippen molar-refractivity contribution in [1.29, 1.82) is 5.26 Å². The van der Waals surface area contributed by atoms with Crippen LogP contribution < -0.4 is 4.90 Å². The summed E-state index contributed by atoms with van der Waals surface area (Å²) < 4.78 is 0. The van der Waals surface area contributed by atoms with Crippen molar-refractivity contribution >= 4 is 5.82 Å². The van der Waals surface area contributed by atoms with Crippen molar-refractivity contribution in [3.05, 3.63) is 35.5 Å². The summed E-state index contributed by atoms with van der Waals surface area (Å²) in [6.45, 7) is 4.59. The number of anilines is 1. The van der Waals surface area contributed by atoms with E-state index in [1.165, 1.54) is 30.5 Å². The number of nitriles is 1. The summed E-state index contributed by atoms with van der Waals surface area (Å²) in [6.07, 6.45) is 7.60. The Morgan fingerprint density at radius 2 is 2.33 bits per heavy atom. The maximum absolute atomic E-state index is 9.33. The van der Waals surface area contributed by atoms with Gasteiger partial charge >= 0.3 is 0 Å². The molecule has 0 saturated heterocycles. The number of fused-ring (bicyclic) bond motifs is 1. The molecule has 2 aliphatic carbocycles. The minimum absolute atomic E-state index is 0.557. The molecule has 0 amide bonds. The smallest absolute Gasteiger partial charge is 0.147 e. The number of aryl methyl sites for hydroxylation is 2. The van der Waals surface area contributed by atoms with Gasteiger partial charge in [0.1, 0.15) is 11.9 Å². The number of aromatic nitrogens is 1. The highest BCUT2D eigenvalue weighted by atomic mass is 15.2. The molecule has 92 valence electrons. The summed E-state index contributed by atoms with van der Waals surface area (Å²) in [5, 5.41) is 9.33. The van der Waals surface area contributed by atoms with Crippen LogP contribution in [0.5, 0.6) is 0 Å². The second-order valence-corrected chi connectivity index (χ2v) is 5.10. The average Bonchev–Trinajstić information content (AvgIpc) is 3.12. The highest BCUT2D eigenvalue weighted by Crippen LogP contribution is 2.34. The van der Waals surface area contributed by atoms with Crippen molar-refractivity contribution < 1.29 is 0 Å². The van der Waals surface area contributed by atoms with Crippen LogP contribution in [0.15, 0.2) is 18.7 Å². The number of rotatable bonds is 4. The molecule has 1 aromatic rings. The highest BCUT2D eigenvalue weighted by Gasteiger charge is 2.31. The Balaban J connectivity index is 2.03. The Kier molecular flexibility index (Phi) is 2.79. The second kappa shape index (κ2) is 4.45. The molecule has 18 heavy (non-hydrogen) atoms. The lowest BCUT2D eigenvalue weighted by Crippen LogP contribution is -2.27. The molecule has 0 unspecified atom stereocenters. The molecule has 0 aromatic carbocycles. The first kappa shape index (κ1) is 11.3. The Bertz CT molecular complexity index is 523. The zero-order valence-electron chi connectivity index (χ0n) is 10.5. The molecular weight excluding hydrogens is 222 g/mol. The number of hydrogen-bond acceptors (Lipinski definition) is 3. The zero-order valence-corrected chi connectivity index (χ0v) is 10.5. The van der Waals surface area contributed by atoms with Crippen LogP contribution in [-0.2, 0) is 12.8 Å².